The monoisotopic (exact) mass is 372 g/mol. The fraction of sp³-hybridized carbons (Fsp3) is 0.316. The minimum absolute atomic E-state index is 0.164. The van der Waals surface area contributed by atoms with Crippen LogP contribution < -0.4 is 11.0 Å². The lowest BCUT2D eigenvalue weighted by Crippen LogP contribution is -2.38. The Bertz CT molecular complexity index is 1030. The molecule has 0 spiro atoms. The average Bonchev–Trinajstić information content (AvgIpc) is 2.95. The van der Waals surface area contributed by atoms with Crippen molar-refractivity contribution in [1.82, 2.24) is 19.3 Å². The quantitative estimate of drug-likeness (QED) is 0.766. The highest BCUT2D eigenvalue weighted by atomic mass is 19.1. The van der Waals surface area contributed by atoms with E-state index in [9.17, 15) is 14.0 Å². The highest BCUT2D eigenvalue weighted by Gasteiger charge is 2.23. The Balaban J connectivity index is 2.11. The molecule has 7 nitrogen and oxygen atoms in total. The van der Waals surface area contributed by atoms with E-state index >= 15 is 0 Å². The molecule has 27 heavy (non-hydrogen) atoms. The molecule has 0 aliphatic carbocycles. The zero-order valence-electron chi connectivity index (χ0n) is 15.6. The number of alkyl carbamates (subject to hydrolysis) is 1. The first kappa shape index (κ1) is 18.6. The summed E-state index contributed by atoms with van der Waals surface area (Å²) in [6, 6.07) is 10.7. The average molecular weight is 372 g/mol. The zero-order chi connectivity index (χ0) is 19.8. The molecule has 3 rings (SSSR count). The first-order valence-corrected chi connectivity index (χ1v) is 8.52. The summed E-state index contributed by atoms with van der Waals surface area (Å²) in [4.78, 5) is 29.5. The van der Waals surface area contributed by atoms with Crippen LogP contribution in [0.3, 0.4) is 0 Å². The summed E-state index contributed by atoms with van der Waals surface area (Å²) in [7, 11) is 0. The topological polar surface area (TPSA) is 77.6 Å². The molecule has 1 aromatic carbocycles. The van der Waals surface area contributed by atoms with Crippen molar-refractivity contribution in [3.05, 3.63) is 64.7 Å². The third-order valence-electron chi connectivity index (χ3n) is 3.79. The smallest absolute Gasteiger partial charge is 0.408 e. The largest absolute Gasteiger partial charge is 0.444 e. The molecule has 8 heteroatoms. The van der Waals surface area contributed by atoms with Gasteiger partial charge in [0, 0.05) is 0 Å². The summed E-state index contributed by atoms with van der Waals surface area (Å²) in [5.41, 5.74) is -0.595. The molecule has 0 bridgehead atoms. The lowest BCUT2D eigenvalue weighted by Gasteiger charge is -2.23. The molecule has 0 saturated carbocycles. The van der Waals surface area contributed by atoms with Gasteiger partial charge in [-0.3, -0.25) is 0 Å². The highest BCUT2D eigenvalue weighted by Crippen LogP contribution is 2.17. The van der Waals surface area contributed by atoms with Crippen molar-refractivity contribution >= 4 is 11.7 Å². The van der Waals surface area contributed by atoms with E-state index in [1.807, 2.05) is 0 Å². The number of aromatic nitrogens is 3. The minimum Gasteiger partial charge on any atom is -0.444 e. The fourth-order valence-electron chi connectivity index (χ4n) is 2.70. The summed E-state index contributed by atoms with van der Waals surface area (Å²) in [5, 5.41) is 2.68. The number of hydrogen-bond donors (Lipinski definition) is 1. The maximum absolute atomic E-state index is 14.1. The number of hydrogen-bond acceptors (Lipinski definition) is 4. The first-order chi connectivity index (χ1) is 12.7. The normalized spacial score (nSPS) is 12.8. The number of benzene rings is 1. The summed E-state index contributed by atoms with van der Waals surface area (Å²) < 4.78 is 21.5. The Morgan fingerprint density at radius 2 is 1.85 bits per heavy atom. The Morgan fingerprint density at radius 1 is 1.19 bits per heavy atom. The van der Waals surface area contributed by atoms with Crippen molar-refractivity contribution in [3.63, 3.8) is 0 Å². The van der Waals surface area contributed by atoms with Crippen LogP contribution in [0.25, 0.3) is 11.3 Å². The molecule has 2 heterocycles. The van der Waals surface area contributed by atoms with Crippen molar-refractivity contribution in [2.45, 2.75) is 39.3 Å². The Hall–Kier alpha value is -3.16. The highest BCUT2D eigenvalue weighted by molar-refractivity contribution is 5.68. The van der Waals surface area contributed by atoms with E-state index in [-0.39, 0.29) is 11.5 Å². The van der Waals surface area contributed by atoms with Gasteiger partial charge in [0.2, 0.25) is 5.95 Å². The Kier molecular flexibility index (Phi) is 4.73. The van der Waals surface area contributed by atoms with Gasteiger partial charge in [-0.15, -0.1) is 0 Å². The lowest BCUT2D eigenvalue weighted by atomic mass is 10.2. The number of fused-ring (bicyclic) bond motifs is 1. The number of rotatable bonds is 3. The molecule has 3 aromatic rings. The van der Waals surface area contributed by atoms with Crippen molar-refractivity contribution in [2.75, 3.05) is 0 Å². The van der Waals surface area contributed by atoms with Crippen LogP contribution in [0.2, 0.25) is 0 Å². The second kappa shape index (κ2) is 6.86. The first-order valence-electron chi connectivity index (χ1n) is 8.52. The van der Waals surface area contributed by atoms with Gasteiger partial charge in [0.25, 0.3) is 0 Å². The predicted molar refractivity (Wildman–Crippen MR) is 98.5 cm³/mol. The number of nitrogens with one attached hydrogen (secondary N) is 1. The SMILES string of the molecule is CC(NC(=O)OC(C)(C)C)c1nc2ccc(F)n2c(=O)n1-c1ccccc1. The molecule has 142 valence electrons. The second-order valence-electron chi connectivity index (χ2n) is 7.14. The van der Waals surface area contributed by atoms with Crippen LogP contribution in [0.4, 0.5) is 9.18 Å². The summed E-state index contributed by atoms with van der Waals surface area (Å²) in [6.07, 6.45) is -0.634. The van der Waals surface area contributed by atoms with Gasteiger partial charge in [0.05, 0.1) is 11.7 Å². The second-order valence-corrected chi connectivity index (χ2v) is 7.14. The molecule has 2 aromatic heterocycles. The zero-order valence-corrected chi connectivity index (χ0v) is 15.6. The van der Waals surface area contributed by atoms with Crippen LogP contribution in [0, 0.1) is 5.95 Å². The van der Waals surface area contributed by atoms with Crippen molar-refractivity contribution in [1.29, 1.82) is 0 Å². The van der Waals surface area contributed by atoms with Crippen molar-refractivity contribution in [2.24, 2.45) is 0 Å². The van der Waals surface area contributed by atoms with E-state index in [1.54, 1.807) is 58.0 Å². The molecule has 0 aliphatic heterocycles. The van der Waals surface area contributed by atoms with Crippen LogP contribution in [-0.2, 0) is 4.74 Å². The van der Waals surface area contributed by atoms with Gasteiger partial charge in [-0.25, -0.2) is 23.5 Å². The van der Waals surface area contributed by atoms with Crippen molar-refractivity contribution < 1.29 is 13.9 Å². The molecule has 0 fully saturated rings. The molecule has 0 radical (unpaired) electrons. The molecule has 1 atom stereocenters. The van der Waals surface area contributed by atoms with E-state index in [0.717, 1.165) is 4.40 Å². The molecule has 0 saturated heterocycles. The van der Waals surface area contributed by atoms with Crippen LogP contribution in [0.5, 0.6) is 0 Å². The van der Waals surface area contributed by atoms with E-state index in [4.69, 9.17) is 4.74 Å². The van der Waals surface area contributed by atoms with E-state index in [0.29, 0.717) is 5.69 Å². The summed E-state index contributed by atoms with van der Waals surface area (Å²) in [5.74, 6) is -0.436. The Morgan fingerprint density at radius 3 is 2.48 bits per heavy atom. The number of para-hydroxylation sites is 1. The summed E-state index contributed by atoms with van der Waals surface area (Å²) in [6.45, 7) is 6.95. The van der Waals surface area contributed by atoms with Gasteiger partial charge in [0.1, 0.15) is 17.1 Å². The molecular weight excluding hydrogens is 351 g/mol. The third kappa shape index (κ3) is 3.84. The predicted octanol–water partition coefficient (Wildman–Crippen LogP) is 3.21. The van der Waals surface area contributed by atoms with Crippen LogP contribution >= 0.6 is 0 Å². The van der Waals surface area contributed by atoms with E-state index < -0.39 is 29.4 Å². The third-order valence-corrected chi connectivity index (χ3v) is 3.79. The van der Waals surface area contributed by atoms with Gasteiger partial charge >= 0.3 is 11.8 Å². The fourth-order valence-corrected chi connectivity index (χ4v) is 2.70. The number of nitrogens with zero attached hydrogens (tertiary/aromatic N) is 3. The minimum atomic E-state index is -0.702. The standard InChI is InChI=1S/C19H21FN4O3/c1-12(21-17(25)27-19(2,3)4)16-22-15-11-10-14(20)24(15)18(26)23(16)13-8-6-5-7-9-13/h5-12H,1-4H3,(H,21,25). The van der Waals surface area contributed by atoms with Gasteiger partial charge in [-0.1, -0.05) is 18.2 Å². The molecular formula is C19H21FN4O3. The van der Waals surface area contributed by atoms with Gasteiger partial charge in [-0.05, 0) is 52.0 Å². The molecule has 1 N–H and O–H groups in total. The van der Waals surface area contributed by atoms with Gasteiger partial charge in [-0.2, -0.15) is 4.39 Å². The van der Waals surface area contributed by atoms with E-state index in [1.165, 1.54) is 16.7 Å². The maximum Gasteiger partial charge on any atom is 0.408 e. The van der Waals surface area contributed by atoms with Crippen molar-refractivity contribution in [3.8, 4) is 5.69 Å². The number of halogens is 1. The van der Waals surface area contributed by atoms with Crippen LogP contribution in [0.15, 0.2) is 47.3 Å². The number of amides is 1. The number of ether oxygens (including phenoxy) is 1. The molecule has 1 unspecified atom stereocenters. The maximum atomic E-state index is 14.1. The number of carbonyl (C=O) groups is 1. The Labute approximate surface area is 155 Å². The summed E-state index contributed by atoms with van der Waals surface area (Å²) >= 11 is 0. The van der Waals surface area contributed by atoms with Crippen LogP contribution in [0.1, 0.15) is 39.6 Å². The lowest BCUT2D eigenvalue weighted by molar-refractivity contribution is 0.0505. The molecule has 0 aliphatic rings. The van der Waals surface area contributed by atoms with Gasteiger partial charge in [0.15, 0.2) is 0 Å². The van der Waals surface area contributed by atoms with Gasteiger partial charge < -0.3 is 10.1 Å². The van der Waals surface area contributed by atoms with Crippen LogP contribution in [-0.4, -0.2) is 25.6 Å². The molecule has 1 amide bonds. The number of carbonyl (C=O) groups excluding carboxylic acids is 1. The van der Waals surface area contributed by atoms with E-state index in [2.05, 4.69) is 10.3 Å².